The van der Waals surface area contributed by atoms with E-state index in [1.807, 2.05) is 0 Å². The molecule has 3 nitrogen and oxygen atoms in total. The highest BCUT2D eigenvalue weighted by molar-refractivity contribution is 9.11. The van der Waals surface area contributed by atoms with Gasteiger partial charge in [0.25, 0.3) is 0 Å². The molecule has 1 aromatic heterocycles. The number of halogens is 1. The largest absolute Gasteiger partial charge is 0.302 e. The lowest BCUT2D eigenvalue weighted by Crippen LogP contribution is -2.48. The van der Waals surface area contributed by atoms with E-state index >= 15 is 0 Å². The zero-order chi connectivity index (χ0) is 13.9. The van der Waals surface area contributed by atoms with Gasteiger partial charge in [-0.15, -0.1) is 0 Å². The molecule has 4 fully saturated rings. The van der Waals surface area contributed by atoms with Crippen LogP contribution in [-0.2, 0) is 10.2 Å². The summed E-state index contributed by atoms with van der Waals surface area (Å²) in [7, 11) is 0. The third-order valence-electron chi connectivity index (χ3n) is 5.41. The number of thiazole rings is 1. The van der Waals surface area contributed by atoms with Crippen molar-refractivity contribution in [3.8, 4) is 0 Å². The number of aromatic nitrogens is 1. The Kier molecular flexibility index (Phi) is 3.01. The van der Waals surface area contributed by atoms with Crippen LogP contribution >= 0.6 is 27.3 Å². The van der Waals surface area contributed by atoms with Crippen LogP contribution in [-0.4, -0.2) is 10.9 Å². The van der Waals surface area contributed by atoms with E-state index < -0.39 is 0 Å². The standard InChI is InChI=1S/C15H19BrN2OS/c1-8(19)17-14-18-12(13(16)20-14)15-5-9-2-10(6-15)4-11(3-9)7-15/h9-11H,2-7H2,1H3,(H,17,18,19). The number of carbonyl (C=O) groups excluding carboxylic acids is 1. The maximum Gasteiger partial charge on any atom is 0.223 e. The Hall–Kier alpha value is -0.420. The number of carbonyl (C=O) groups is 1. The zero-order valence-corrected chi connectivity index (χ0v) is 14.0. The minimum Gasteiger partial charge on any atom is -0.302 e. The van der Waals surface area contributed by atoms with Crippen LogP contribution in [0.15, 0.2) is 3.79 Å². The molecule has 5 rings (SSSR count). The first-order valence-electron chi connectivity index (χ1n) is 7.48. The van der Waals surface area contributed by atoms with Crippen molar-refractivity contribution >= 4 is 38.3 Å². The van der Waals surface area contributed by atoms with Crippen LogP contribution in [0.1, 0.15) is 51.1 Å². The van der Waals surface area contributed by atoms with Gasteiger partial charge in [-0.3, -0.25) is 4.79 Å². The summed E-state index contributed by atoms with van der Waals surface area (Å²) in [5.74, 6) is 2.71. The van der Waals surface area contributed by atoms with Crippen molar-refractivity contribution in [3.63, 3.8) is 0 Å². The molecule has 4 aliphatic carbocycles. The van der Waals surface area contributed by atoms with Gasteiger partial charge in [-0.2, -0.15) is 0 Å². The fourth-order valence-electron chi connectivity index (χ4n) is 5.23. The van der Waals surface area contributed by atoms with Crippen molar-refractivity contribution in [2.24, 2.45) is 17.8 Å². The van der Waals surface area contributed by atoms with E-state index in [1.165, 1.54) is 44.2 Å². The molecule has 0 spiro atoms. The fraction of sp³-hybridized carbons (Fsp3) is 0.733. The molecule has 4 bridgehead atoms. The zero-order valence-electron chi connectivity index (χ0n) is 11.6. The number of anilines is 1. The van der Waals surface area contributed by atoms with Gasteiger partial charge in [-0.25, -0.2) is 4.98 Å². The molecule has 0 aromatic carbocycles. The van der Waals surface area contributed by atoms with E-state index in [1.54, 1.807) is 18.3 Å². The molecule has 0 saturated heterocycles. The highest BCUT2D eigenvalue weighted by Crippen LogP contribution is 2.61. The Morgan fingerprint density at radius 3 is 2.30 bits per heavy atom. The number of amides is 1. The molecular formula is C15H19BrN2OS. The number of hydrogen-bond acceptors (Lipinski definition) is 3. The molecule has 1 amide bonds. The van der Waals surface area contributed by atoms with Crippen molar-refractivity contribution in [2.45, 2.75) is 50.9 Å². The monoisotopic (exact) mass is 354 g/mol. The minimum atomic E-state index is -0.0386. The molecule has 0 aliphatic heterocycles. The maximum absolute atomic E-state index is 11.2. The van der Waals surface area contributed by atoms with Gasteiger partial charge >= 0.3 is 0 Å². The van der Waals surface area contributed by atoms with Gasteiger partial charge in [0.2, 0.25) is 5.91 Å². The molecule has 4 saturated carbocycles. The molecule has 4 aliphatic rings. The molecule has 1 aromatic rings. The van der Waals surface area contributed by atoms with Crippen molar-refractivity contribution in [3.05, 3.63) is 9.48 Å². The average Bonchev–Trinajstić information content (AvgIpc) is 2.68. The van der Waals surface area contributed by atoms with Crippen LogP contribution in [0.4, 0.5) is 5.13 Å². The Balaban J connectivity index is 1.70. The first-order chi connectivity index (χ1) is 9.54. The second-order valence-corrected chi connectivity index (χ2v) is 9.34. The Bertz CT molecular complexity index is 533. The van der Waals surface area contributed by atoms with Gasteiger partial charge in [-0.1, -0.05) is 11.3 Å². The first-order valence-corrected chi connectivity index (χ1v) is 9.09. The summed E-state index contributed by atoms with van der Waals surface area (Å²) in [5.41, 5.74) is 1.52. The predicted molar refractivity (Wildman–Crippen MR) is 84.0 cm³/mol. The molecule has 1 heterocycles. The van der Waals surface area contributed by atoms with Crippen LogP contribution < -0.4 is 5.32 Å². The summed E-state index contributed by atoms with van der Waals surface area (Å²) in [4.78, 5) is 16.0. The maximum atomic E-state index is 11.2. The quantitative estimate of drug-likeness (QED) is 0.858. The molecular weight excluding hydrogens is 336 g/mol. The molecule has 1 N–H and O–H groups in total. The van der Waals surface area contributed by atoms with E-state index in [4.69, 9.17) is 4.98 Å². The molecule has 108 valence electrons. The smallest absolute Gasteiger partial charge is 0.223 e. The lowest BCUT2D eigenvalue weighted by molar-refractivity contribution is -0.114. The molecule has 0 atom stereocenters. The summed E-state index contributed by atoms with van der Waals surface area (Å²) in [6, 6.07) is 0. The van der Waals surface area contributed by atoms with Gasteiger partial charge in [0.15, 0.2) is 5.13 Å². The molecule has 0 unspecified atom stereocenters. The van der Waals surface area contributed by atoms with E-state index in [9.17, 15) is 4.79 Å². The summed E-state index contributed by atoms with van der Waals surface area (Å²) in [6.07, 6.45) is 8.25. The Morgan fingerprint density at radius 2 is 1.80 bits per heavy atom. The van der Waals surface area contributed by atoms with E-state index in [0.717, 1.165) is 26.7 Å². The second kappa shape index (κ2) is 4.54. The normalized spacial score (nSPS) is 38.2. The third kappa shape index (κ3) is 2.05. The molecule has 0 radical (unpaired) electrons. The molecule has 5 heteroatoms. The lowest BCUT2D eigenvalue weighted by atomic mass is 9.49. The predicted octanol–water partition coefficient (Wildman–Crippen LogP) is 4.33. The van der Waals surface area contributed by atoms with Crippen molar-refractivity contribution in [2.75, 3.05) is 5.32 Å². The SMILES string of the molecule is CC(=O)Nc1nc(C23CC4CC(CC(C4)C2)C3)c(Br)s1. The lowest BCUT2D eigenvalue weighted by Gasteiger charge is -2.56. The third-order valence-corrected chi connectivity index (χ3v) is 7.03. The summed E-state index contributed by atoms with van der Waals surface area (Å²) in [6.45, 7) is 1.54. The fourth-order valence-corrected chi connectivity index (χ4v) is 7.06. The summed E-state index contributed by atoms with van der Waals surface area (Å²) < 4.78 is 1.13. The van der Waals surface area contributed by atoms with Gasteiger partial charge in [-0.05, 0) is 72.2 Å². The van der Waals surface area contributed by atoms with Gasteiger partial charge in [0.1, 0.15) is 0 Å². The van der Waals surface area contributed by atoms with Gasteiger partial charge in [0.05, 0.1) is 9.48 Å². The van der Waals surface area contributed by atoms with Crippen LogP contribution in [0.2, 0.25) is 0 Å². The van der Waals surface area contributed by atoms with Crippen LogP contribution in [0.3, 0.4) is 0 Å². The van der Waals surface area contributed by atoms with Crippen LogP contribution in [0.25, 0.3) is 0 Å². The van der Waals surface area contributed by atoms with Crippen molar-refractivity contribution < 1.29 is 4.79 Å². The Morgan fingerprint density at radius 1 is 1.25 bits per heavy atom. The van der Waals surface area contributed by atoms with E-state index in [0.29, 0.717) is 5.41 Å². The molecule has 20 heavy (non-hydrogen) atoms. The van der Waals surface area contributed by atoms with E-state index in [-0.39, 0.29) is 5.91 Å². The number of nitrogens with zero attached hydrogens (tertiary/aromatic N) is 1. The minimum absolute atomic E-state index is 0.0386. The van der Waals surface area contributed by atoms with Gasteiger partial charge < -0.3 is 5.32 Å². The van der Waals surface area contributed by atoms with Crippen molar-refractivity contribution in [1.29, 1.82) is 0 Å². The highest BCUT2D eigenvalue weighted by atomic mass is 79.9. The van der Waals surface area contributed by atoms with Gasteiger partial charge in [0, 0.05) is 12.3 Å². The van der Waals surface area contributed by atoms with E-state index in [2.05, 4.69) is 21.2 Å². The highest BCUT2D eigenvalue weighted by Gasteiger charge is 2.53. The first kappa shape index (κ1) is 13.3. The second-order valence-electron chi connectivity index (χ2n) is 7.02. The summed E-state index contributed by atoms with van der Waals surface area (Å²) >= 11 is 5.27. The van der Waals surface area contributed by atoms with Crippen molar-refractivity contribution in [1.82, 2.24) is 4.98 Å². The number of rotatable bonds is 2. The topological polar surface area (TPSA) is 42.0 Å². The summed E-state index contributed by atoms with van der Waals surface area (Å²) in [5, 5.41) is 3.58. The van der Waals surface area contributed by atoms with Crippen LogP contribution in [0.5, 0.6) is 0 Å². The average molecular weight is 355 g/mol. The Labute approximate surface area is 131 Å². The number of hydrogen-bond donors (Lipinski definition) is 1. The van der Waals surface area contributed by atoms with Crippen LogP contribution in [0, 0.1) is 17.8 Å². The number of nitrogens with one attached hydrogen (secondary N) is 1.